The molecule has 5 rings (SSSR count). The van der Waals surface area contributed by atoms with Gasteiger partial charge in [0.05, 0.1) is 28.8 Å². The Morgan fingerprint density at radius 3 is 2.43 bits per heavy atom. The van der Waals surface area contributed by atoms with Gasteiger partial charge in [-0.3, -0.25) is 9.69 Å². The van der Waals surface area contributed by atoms with Crippen LogP contribution < -0.4 is 10.2 Å². The number of fused-ring (bicyclic) bond motifs is 3. The molecule has 2 aromatic carbocycles. The lowest BCUT2D eigenvalue weighted by molar-refractivity contribution is -0.0507. The first-order valence-electron chi connectivity index (χ1n) is 12.1. The predicted molar refractivity (Wildman–Crippen MR) is 133 cm³/mol. The quantitative estimate of drug-likeness (QED) is 0.356. The number of aldehydes is 1. The van der Waals surface area contributed by atoms with Crippen molar-refractivity contribution in [1.29, 1.82) is 0 Å². The number of ether oxygens (including phenoxy) is 1. The number of aromatic nitrogens is 2. The maximum Gasteiger partial charge on any atom is 0.497 e. The molecule has 3 aromatic rings. The molecular formula is C26H29BF3N3O4. The van der Waals surface area contributed by atoms with E-state index in [1.165, 1.54) is 18.2 Å². The number of benzene rings is 2. The molecule has 2 aliphatic heterocycles. The predicted octanol–water partition coefficient (Wildman–Crippen LogP) is 4.48. The molecule has 3 heterocycles. The Kier molecular flexibility index (Phi) is 6.16. The lowest BCUT2D eigenvalue weighted by atomic mass is 9.78. The van der Waals surface area contributed by atoms with Crippen molar-refractivity contribution >= 4 is 29.9 Å². The van der Waals surface area contributed by atoms with Crippen molar-refractivity contribution in [1.82, 2.24) is 14.5 Å². The van der Waals surface area contributed by atoms with Crippen LogP contribution in [0, 0.1) is 5.82 Å². The molecule has 2 atom stereocenters. The Balaban J connectivity index is 1.72. The molecule has 1 fully saturated rings. The second kappa shape index (κ2) is 8.85. The van der Waals surface area contributed by atoms with E-state index in [4.69, 9.17) is 19.0 Å². The van der Waals surface area contributed by atoms with E-state index in [1.54, 1.807) is 16.7 Å². The van der Waals surface area contributed by atoms with Crippen molar-refractivity contribution in [2.24, 2.45) is 0 Å². The van der Waals surface area contributed by atoms with E-state index in [0.29, 0.717) is 24.0 Å². The monoisotopic (exact) mass is 515 g/mol. The van der Waals surface area contributed by atoms with Crippen molar-refractivity contribution in [2.45, 2.75) is 64.0 Å². The van der Waals surface area contributed by atoms with Crippen molar-refractivity contribution in [3.8, 4) is 5.75 Å². The van der Waals surface area contributed by atoms with Crippen LogP contribution in [-0.4, -0.2) is 59.8 Å². The van der Waals surface area contributed by atoms with Crippen LogP contribution in [0.5, 0.6) is 5.75 Å². The summed E-state index contributed by atoms with van der Waals surface area (Å²) in [4.78, 5) is 18.6. The first kappa shape index (κ1) is 25.8. The van der Waals surface area contributed by atoms with Crippen LogP contribution in [0.1, 0.15) is 67.9 Å². The summed E-state index contributed by atoms with van der Waals surface area (Å²) >= 11 is 0. The van der Waals surface area contributed by atoms with E-state index in [9.17, 15) is 13.6 Å². The van der Waals surface area contributed by atoms with Crippen LogP contribution in [0.3, 0.4) is 0 Å². The van der Waals surface area contributed by atoms with Gasteiger partial charge in [-0.15, -0.1) is 0 Å². The number of imidazole rings is 1. The van der Waals surface area contributed by atoms with Gasteiger partial charge in [0.2, 0.25) is 0 Å². The third kappa shape index (κ3) is 4.04. The van der Waals surface area contributed by atoms with Gasteiger partial charge in [-0.1, -0.05) is 18.2 Å². The van der Waals surface area contributed by atoms with Crippen LogP contribution in [-0.2, 0) is 9.31 Å². The molecule has 11 heteroatoms. The smallest absolute Gasteiger partial charge is 0.434 e. The van der Waals surface area contributed by atoms with Crippen LogP contribution in [0.25, 0.3) is 11.0 Å². The highest BCUT2D eigenvalue weighted by molar-refractivity contribution is 6.62. The van der Waals surface area contributed by atoms with Crippen LogP contribution in [0.2, 0.25) is 0 Å². The van der Waals surface area contributed by atoms with Gasteiger partial charge in [0.25, 0.3) is 0 Å². The van der Waals surface area contributed by atoms with Gasteiger partial charge in [-0.05, 0) is 60.3 Å². The molecule has 0 aliphatic carbocycles. The molecule has 37 heavy (non-hydrogen) atoms. The number of carbonyl (C=O) groups is 1. The molecular weight excluding hydrogens is 486 g/mol. The summed E-state index contributed by atoms with van der Waals surface area (Å²) in [5.41, 5.74) is -0.0536. The van der Waals surface area contributed by atoms with Gasteiger partial charge in [0, 0.05) is 16.6 Å². The third-order valence-electron chi connectivity index (χ3n) is 7.81. The summed E-state index contributed by atoms with van der Waals surface area (Å²) in [6.45, 7) is 4.46. The normalized spacial score (nSPS) is 22.3. The average molecular weight is 515 g/mol. The maximum atomic E-state index is 16.4. The first-order valence-corrected chi connectivity index (χ1v) is 12.1. The number of hydrogen-bond donors (Lipinski definition) is 0. The Morgan fingerprint density at radius 1 is 1.16 bits per heavy atom. The zero-order valence-electron chi connectivity index (χ0n) is 21.6. The van der Waals surface area contributed by atoms with Crippen LogP contribution >= 0.6 is 0 Å². The fourth-order valence-corrected chi connectivity index (χ4v) is 5.21. The fraction of sp³-hybridized carbons (Fsp3) is 0.462. The summed E-state index contributed by atoms with van der Waals surface area (Å²) in [5, 5.41) is 0. The molecule has 0 amide bonds. The Labute approximate surface area is 213 Å². The Morgan fingerprint density at radius 2 is 1.84 bits per heavy atom. The van der Waals surface area contributed by atoms with Crippen molar-refractivity contribution < 1.29 is 32.0 Å². The summed E-state index contributed by atoms with van der Waals surface area (Å²) in [6.07, 6.45) is 0.984. The summed E-state index contributed by atoms with van der Waals surface area (Å²) in [5.74, 6) is -0.128. The SMILES string of the molecule is CN(C)C1CC(c2c(C=O)cccc2OC(F)F)n2c1nc1ccc(B3OC(C)(C)C(C)(C)O3)c(F)c12. The second-order valence-corrected chi connectivity index (χ2v) is 10.8. The van der Waals surface area contributed by atoms with Crippen molar-refractivity contribution in [2.75, 3.05) is 14.1 Å². The summed E-state index contributed by atoms with van der Waals surface area (Å²) in [7, 11) is 2.79. The van der Waals surface area contributed by atoms with Gasteiger partial charge in [-0.2, -0.15) is 8.78 Å². The molecule has 1 saturated heterocycles. The van der Waals surface area contributed by atoms with Crippen molar-refractivity contribution in [3.05, 3.63) is 53.1 Å². The minimum Gasteiger partial charge on any atom is -0.434 e. The molecule has 0 spiro atoms. The second-order valence-electron chi connectivity index (χ2n) is 10.8. The Bertz CT molecular complexity index is 1360. The molecule has 0 radical (unpaired) electrons. The van der Waals surface area contributed by atoms with Gasteiger partial charge in [0.15, 0.2) is 6.29 Å². The van der Waals surface area contributed by atoms with Gasteiger partial charge in [-0.25, -0.2) is 9.37 Å². The number of rotatable bonds is 6. The van der Waals surface area contributed by atoms with E-state index >= 15 is 4.39 Å². The number of nitrogens with zero attached hydrogens (tertiary/aromatic N) is 3. The van der Waals surface area contributed by atoms with Crippen molar-refractivity contribution in [3.63, 3.8) is 0 Å². The van der Waals surface area contributed by atoms with Gasteiger partial charge < -0.3 is 18.6 Å². The molecule has 0 N–H and O–H groups in total. The average Bonchev–Trinajstić information content (AvgIpc) is 3.41. The van der Waals surface area contributed by atoms with Gasteiger partial charge in [0.1, 0.15) is 22.9 Å². The molecule has 196 valence electrons. The molecule has 2 aliphatic rings. The zero-order valence-corrected chi connectivity index (χ0v) is 21.6. The zero-order chi connectivity index (χ0) is 26.9. The van der Waals surface area contributed by atoms with Gasteiger partial charge >= 0.3 is 13.7 Å². The highest BCUT2D eigenvalue weighted by Crippen LogP contribution is 2.47. The van der Waals surface area contributed by atoms with Crippen LogP contribution in [0.4, 0.5) is 13.2 Å². The number of carbonyl (C=O) groups excluding carboxylic acids is 1. The molecule has 0 bridgehead atoms. The van der Waals surface area contributed by atoms with E-state index in [-0.39, 0.29) is 33.9 Å². The first-order chi connectivity index (χ1) is 17.4. The van der Waals surface area contributed by atoms with E-state index in [0.717, 1.165) is 0 Å². The lowest BCUT2D eigenvalue weighted by Crippen LogP contribution is -2.41. The number of alkyl halides is 2. The Hall–Kier alpha value is -2.89. The summed E-state index contributed by atoms with van der Waals surface area (Å²) in [6, 6.07) is 6.79. The fourth-order valence-electron chi connectivity index (χ4n) is 5.21. The lowest BCUT2D eigenvalue weighted by Gasteiger charge is -2.32. The third-order valence-corrected chi connectivity index (χ3v) is 7.81. The topological polar surface area (TPSA) is 65.8 Å². The molecule has 1 aromatic heterocycles. The molecule has 7 nitrogen and oxygen atoms in total. The highest BCUT2D eigenvalue weighted by atomic mass is 19.3. The molecule has 2 unspecified atom stereocenters. The largest absolute Gasteiger partial charge is 0.497 e. The highest BCUT2D eigenvalue weighted by Gasteiger charge is 2.53. The standard InChI is InChI=1S/C26H29BF3N3O4/c1-25(2)26(3,4)37-27(36-25)15-10-11-16-22(21(15)28)33-17(12-18(32(5)6)23(33)31-16)20-14(13-34)8-7-9-19(20)35-24(29)30/h7-11,13,17-18,24H,12H2,1-6H3. The maximum absolute atomic E-state index is 16.4. The number of halogens is 3. The van der Waals surface area contributed by atoms with E-state index < -0.39 is 36.8 Å². The van der Waals surface area contributed by atoms with E-state index in [2.05, 4.69) is 0 Å². The minimum atomic E-state index is -3.09. The number of hydrogen-bond acceptors (Lipinski definition) is 6. The minimum absolute atomic E-state index is 0.126. The molecule has 0 saturated carbocycles. The van der Waals surface area contributed by atoms with E-state index in [1.807, 2.05) is 46.7 Å². The summed E-state index contributed by atoms with van der Waals surface area (Å²) < 4.78 is 61.7. The van der Waals surface area contributed by atoms with Crippen LogP contribution in [0.15, 0.2) is 30.3 Å².